The van der Waals surface area contributed by atoms with Gasteiger partial charge in [0.25, 0.3) is 0 Å². The number of nitriles is 1. The lowest BCUT2D eigenvalue weighted by atomic mass is 10.1. The van der Waals surface area contributed by atoms with Gasteiger partial charge in [0.1, 0.15) is 11.9 Å². The van der Waals surface area contributed by atoms with Crippen LogP contribution in [0.1, 0.15) is 32.9 Å². The van der Waals surface area contributed by atoms with E-state index in [1.54, 1.807) is 30.7 Å². The lowest BCUT2D eigenvalue weighted by Crippen LogP contribution is -2.05. The molecular weight excluding hydrogens is 245 g/mol. The molecule has 0 radical (unpaired) electrons. The molecule has 0 aliphatic heterocycles. The summed E-state index contributed by atoms with van der Waals surface area (Å²) in [6.07, 6.45) is 0.777. The van der Waals surface area contributed by atoms with Gasteiger partial charge >= 0.3 is 0 Å². The normalized spacial score (nSPS) is 10.2. The van der Waals surface area contributed by atoms with Crippen LogP contribution in [0.15, 0.2) is 18.2 Å². The predicted octanol–water partition coefficient (Wildman–Crippen LogP) is 2.37. The molecule has 0 amide bonds. The Balaban J connectivity index is 2.37. The number of hydrogen-bond acceptors (Lipinski definition) is 3. The summed E-state index contributed by atoms with van der Waals surface area (Å²) in [5, 5.41) is 13.1. The van der Waals surface area contributed by atoms with Crippen LogP contribution >= 0.6 is 0 Å². The molecule has 2 rings (SSSR count). The quantitative estimate of drug-likeness (QED) is 0.793. The molecule has 5 heteroatoms. The first-order valence-electron chi connectivity index (χ1n) is 5.74. The minimum Gasteiger partial charge on any atom is -0.298 e. The van der Waals surface area contributed by atoms with E-state index in [1.807, 2.05) is 0 Å². The van der Waals surface area contributed by atoms with Crippen molar-refractivity contribution in [2.24, 2.45) is 0 Å². The molecule has 0 aliphatic rings. The molecule has 0 fully saturated rings. The zero-order valence-electron chi connectivity index (χ0n) is 10.6. The van der Waals surface area contributed by atoms with Crippen molar-refractivity contribution < 1.29 is 9.18 Å². The number of aldehydes is 1. The molecule has 4 nitrogen and oxygen atoms in total. The Morgan fingerprint density at radius 3 is 2.79 bits per heavy atom. The van der Waals surface area contributed by atoms with Crippen molar-refractivity contribution in [3.8, 4) is 6.07 Å². The molecule has 0 atom stereocenters. The summed E-state index contributed by atoms with van der Waals surface area (Å²) in [6, 6.07) is 6.16. The van der Waals surface area contributed by atoms with Crippen molar-refractivity contribution in [3.05, 3.63) is 52.1 Å². The second-order valence-electron chi connectivity index (χ2n) is 4.29. The predicted molar refractivity (Wildman–Crippen MR) is 67.3 cm³/mol. The van der Waals surface area contributed by atoms with Gasteiger partial charge in [0.15, 0.2) is 6.29 Å². The summed E-state index contributed by atoms with van der Waals surface area (Å²) in [6.45, 7) is 3.96. The molecule has 1 aromatic heterocycles. The van der Waals surface area contributed by atoms with Crippen molar-refractivity contribution in [3.63, 3.8) is 0 Å². The minimum atomic E-state index is -0.534. The van der Waals surface area contributed by atoms with Crippen LogP contribution in [0.25, 0.3) is 0 Å². The third kappa shape index (κ3) is 2.38. The van der Waals surface area contributed by atoms with Crippen LogP contribution in [0.3, 0.4) is 0 Å². The second-order valence-corrected chi connectivity index (χ2v) is 4.29. The molecular formula is C14H12FN3O. The Morgan fingerprint density at radius 2 is 2.21 bits per heavy atom. The van der Waals surface area contributed by atoms with Gasteiger partial charge in [-0.15, -0.1) is 0 Å². The van der Waals surface area contributed by atoms with Crippen LogP contribution < -0.4 is 0 Å². The summed E-state index contributed by atoms with van der Waals surface area (Å²) >= 11 is 0. The highest BCUT2D eigenvalue weighted by Gasteiger charge is 2.11. The van der Waals surface area contributed by atoms with Crippen molar-refractivity contribution in [2.75, 3.05) is 0 Å². The monoisotopic (exact) mass is 257 g/mol. The van der Waals surface area contributed by atoms with E-state index in [0.717, 1.165) is 17.5 Å². The average Bonchev–Trinajstić information content (AvgIpc) is 2.66. The Kier molecular flexibility index (Phi) is 3.43. The maximum absolute atomic E-state index is 13.2. The highest BCUT2D eigenvalue weighted by molar-refractivity contribution is 5.78. The van der Waals surface area contributed by atoms with E-state index in [2.05, 4.69) is 5.10 Å². The number of hydrogen-bond donors (Lipinski definition) is 0. The van der Waals surface area contributed by atoms with E-state index in [-0.39, 0.29) is 5.56 Å². The van der Waals surface area contributed by atoms with Crippen molar-refractivity contribution in [1.29, 1.82) is 5.26 Å². The van der Waals surface area contributed by atoms with Crippen LogP contribution in [0.2, 0.25) is 0 Å². The average molecular weight is 257 g/mol. The number of benzene rings is 1. The van der Waals surface area contributed by atoms with Crippen LogP contribution in [0.4, 0.5) is 4.39 Å². The third-order valence-corrected chi connectivity index (χ3v) is 3.04. The van der Waals surface area contributed by atoms with Crippen LogP contribution in [0, 0.1) is 31.0 Å². The number of carbonyl (C=O) groups is 1. The molecule has 1 aromatic carbocycles. The smallest absolute Gasteiger partial charge is 0.153 e. The molecule has 0 unspecified atom stereocenters. The SMILES string of the molecule is Cc1nn(Cc2ccc(F)c(C#N)c2)c(C)c1C=O. The highest BCUT2D eigenvalue weighted by Crippen LogP contribution is 2.15. The Hall–Kier alpha value is -2.48. The fourth-order valence-corrected chi connectivity index (χ4v) is 1.96. The summed E-state index contributed by atoms with van der Waals surface area (Å²) in [4.78, 5) is 10.9. The fourth-order valence-electron chi connectivity index (χ4n) is 1.96. The first-order chi connectivity index (χ1) is 9.06. The summed E-state index contributed by atoms with van der Waals surface area (Å²) in [5.41, 5.74) is 2.77. The number of nitrogens with zero attached hydrogens (tertiary/aromatic N) is 3. The summed E-state index contributed by atoms with van der Waals surface area (Å²) in [5.74, 6) is -0.534. The lowest BCUT2D eigenvalue weighted by Gasteiger charge is -2.05. The van der Waals surface area contributed by atoms with Crippen LogP contribution in [-0.4, -0.2) is 16.1 Å². The molecule has 0 N–H and O–H groups in total. The van der Waals surface area contributed by atoms with E-state index < -0.39 is 5.82 Å². The van der Waals surface area contributed by atoms with Crippen molar-refractivity contribution >= 4 is 6.29 Å². The third-order valence-electron chi connectivity index (χ3n) is 3.04. The Bertz CT molecular complexity index is 683. The molecule has 0 saturated carbocycles. The number of aryl methyl sites for hydroxylation is 1. The molecule has 0 aliphatic carbocycles. The zero-order chi connectivity index (χ0) is 14.0. The van der Waals surface area contributed by atoms with Gasteiger partial charge < -0.3 is 0 Å². The van der Waals surface area contributed by atoms with Gasteiger partial charge in [-0.3, -0.25) is 9.48 Å². The minimum absolute atomic E-state index is 0.00893. The molecule has 0 spiro atoms. The van der Waals surface area contributed by atoms with E-state index in [9.17, 15) is 9.18 Å². The Labute approximate surface area is 110 Å². The van der Waals surface area contributed by atoms with E-state index in [0.29, 0.717) is 17.8 Å². The van der Waals surface area contributed by atoms with E-state index in [4.69, 9.17) is 5.26 Å². The van der Waals surface area contributed by atoms with Crippen molar-refractivity contribution in [1.82, 2.24) is 9.78 Å². The molecule has 2 aromatic rings. The summed E-state index contributed by atoms with van der Waals surface area (Å²) in [7, 11) is 0. The highest BCUT2D eigenvalue weighted by atomic mass is 19.1. The Morgan fingerprint density at radius 1 is 1.47 bits per heavy atom. The molecule has 0 bridgehead atoms. The van der Waals surface area contributed by atoms with Gasteiger partial charge in [-0.05, 0) is 31.5 Å². The maximum atomic E-state index is 13.2. The first kappa shape index (κ1) is 13.0. The largest absolute Gasteiger partial charge is 0.298 e. The molecule has 1 heterocycles. The first-order valence-corrected chi connectivity index (χ1v) is 5.74. The number of aromatic nitrogens is 2. The second kappa shape index (κ2) is 5.02. The fraction of sp³-hybridized carbons (Fsp3) is 0.214. The van der Waals surface area contributed by atoms with Gasteiger partial charge in [-0.2, -0.15) is 10.4 Å². The molecule has 19 heavy (non-hydrogen) atoms. The van der Waals surface area contributed by atoms with Crippen LogP contribution in [0.5, 0.6) is 0 Å². The molecule has 0 saturated heterocycles. The molecule has 96 valence electrons. The van der Waals surface area contributed by atoms with Gasteiger partial charge in [-0.1, -0.05) is 6.07 Å². The maximum Gasteiger partial charge on any atom is 0.153 e. The topological polar surface area (TPSA) is 58.7 Å². The summed E-state index contributed by atoms with van der Waals surface area (Å²) < 4.78 is 14.9. The van der Waals surface area contributed by atoms with Gasteiger partial charge in [0.2, 0.25) is 0 Å². The van der Waals surface area contributed by atoms with Gasteiger partial charge in [0, 0.05) is 5.69 Å². The number of rotatable bonds is 3. The van der Waals surface area contributed by atoms with Crippen LogP contribution in [-0.2, 0) is 6.54 Å². The number of halogens is 1. The zero-order valence-corrected chi connectivity index (χ0v) is 10.6. The van der Waals surface area contributed by atoms with E-state index in [1.165, 1.54) is 12.1 Å². The standard InChI is InChI=1S/C14H12FN3O/c1-9-13(8-19)10(2)18(17-9)7-11-3-4-14(15)12(5-11)6-16/h3-5,8H,7H2,1-2H3. The van der Waals surface area contributed by atoms with E-state index >= 15 is 0 Å². The lowest BCUT2D eigenvalue weighted by molar-refractivity contribution is 0.112. The number of carbonyl (C=O) groups excluding carboxylic acids is 1. The van der Waals surface area contributed by atoms with Gasteiger partial charge in [0.05, 0.1) is 23.4 Å². The van der Waals surface area contributed by atoms with Crippen molar-refractivity contribution in [2.45, 2.75) is 20.4 Å². The van der Waals surface area contributed by atoms with Gasteiger partial charge in [-0.25, -0.2) is 4.39 Å².